The van der Waals surface area contributed by atoms with Gasteiger partial charge >= 0.3 is 6.18 Å². The molecule has 0 heterocycles. The third kappa shape index (κ3) is 12.1. The van der Waals surface area contributed by atoms with E-state index in [1.807, 2.05) is 6.92 Å². The van der Waals surface area contributed by atoms with Gasteiger partial charge < -0.3 is 15.0 Å². The van der Waals surface area contributed by atoms with Crippen LogP contribution in [0.2, 0.25) is 0 Å². The molecule has 0 rings (SSSR count). The minimum absolute atomic E-state index is 0.160. The number of ether oxygens (including phenoxy) is 1. The molecule has 0 aromatic heterocycles. The van der Waals surface area contributed by atoms with Crippen LogP contribution in [0, 0.1) is 0 Å². The summed E-state index contributed by atoms with van der Waals surface area (Å²) in [4.78, 5) is 2.20. The number of hydrogen-bond donors (Lipinski definition) is 1. The Balaban J connectivity index is 3.50. The lowest BCUT2D eigenvalue weighted by atomic mass is 10.3. The van der Waals surface area contributed by atoms with Crippen LogP contribution in [0.1, 0.15) is 27.2 Å². The fourth-order valence-corrected chi connectivity index (χ4v) is 1.52. The molecule has 0 saturated carbocycles. The molecule has 0 radical (unpaired) electrons. The van der Waals surface area contributed by atoms with Gasteiger partial charge in [-0.1, -0.05) is 20.8 Å². The van der Waals surface area contributed by atoms with Crippen LogP contribution in [0.15, 0.2) is 0 Å². The normalized spacial score (nSPS) is 12.7. The highest BCUT2D eigenvalue weighted by molar-refractivity contribution is 4.60. The zero-order chi connectivity index (χ0) is 14.0. The summed E-state index contributed by atoms with van der Waals surface area (Å²) in [6.07, 6.45) is -3.59. The molecule has 3 nitrogen and oxygen atoms in total. The Kier molecular flexibility index (Phi) is 9.40. The summed E-state index contributed by atoms with van der Waals surface area (Å²) in [6, 6.07) is 0.457. The second kappa shape index (κ2) is 9.58. The number of likely N-dealkylation sites (N-methyl/N-ethyl adjacent to an activating group) is 1. The largest absolute Gasteiger partial charge is 0.411 e. The fourth-order valence-electron chi connectivity index (χ4n) is 1.52. The monoisotopic (exact) mass is 270 g/mol. The first kappa shape index (κ1) is 17.7. The van der Waals surface area contributed by atoms with E-state index in [0.29, 0.717) is 12.5 Å². The quantitative estimate of drug-likeness (QED) is 0.616. The van der Waals surface area contributed by atoms with Crippen LogP contribution in [0.3, 0.4) is 0 Å². The highest BCUT2D eigenvalue weighted by Crippen LogP contribution is 2.14. The lowest BCUT2D eigenvalue weighted by Crippen LogP contribution is -2.35. The fraction of sp³-hybridized carbons (Fsp3) is 1.00. The van der Waals surface area contributed by atoms with Crippen LogP contribution >= 0.6 is 0 Å². The molecule has 0 aromatic rings. The van der Waals surface area contributed by atoms with Crippen molar-refractivity contribution in [3.8, 4) is 0 Å². The molecular weight excluding hydrogens is 245 g/mol. The molecule has 18 heavy (non-hydrogen) atoms. The minimum Gasteiger partial charge on any atom is -0.372 e. The zero-order valence-corrected chi connectivity index (χ0v) is 11.5. The Morgan fingerprint density at radius 3 is 2.39 bits per heavy atom. The molecule has 0 aliphatic heterocycles. The lowest BCUT2D eigenvalue weighted by Gasteiger charge is -2.21. The molecule has 1 N–H and O–H groups in total. The van der Waals surface area contributed by atoms with Crippen molar-refractivity contribution in [3.05, 3.63) is 0 Å². The van der Waals surface area contributed by atoms with E-state index in [4.69, 9.17) is 0 Å². The smallest absolute Gasteiger partial charge is 0.372 e. The minimum atomic E-state index is -4.22. The molecule has 0 saturated heterocycles. The van der Waals surface area contributed by atoms with Crippen molar-refractivity contribution < 1.29 is 17.9 Å². The number of nitrogens with one attached hydrogen (secondary N) is 1. The third-order valence-electron chi connectivity index (χ3n) is 2.46. The summed E-state index contributed by atoms with van der Waals surface area (Å²) in [5.74, 6) is 0. The van der Waals surface area contributed by atoms with Gasteiger partial charge in [-0.2, -0.15) is 13.2 Å². The second-order valence-corrected chi connectivity index (χ2v) is 4.56. The Bertz CT molecular complexity index is 198. The van der Waals surface area contributed by atoms with Crippen LogP contribution in [-0.4, -0.2) is 56.5 Å². The Morgan fingerprint density at radius 2 is 1.89 bits per heavy atom. The summed E-state index contributed by atoms with van der Waals surface area (Å²) in [6.45, 7) is 8.71. The first-order valence-electron chi connectivity index (χ1n) is 6.45. The lowest BCUT2D eigenvalue weighted by molar-refractivity contribution is -0.174. The van der Waals surface area contributed by atoms with Gasteiger partial charge in [-0.05, 0) is 13.0 Å². The van der Waals surface area contributed by atoms with E-state index in [-0.39, 0.29) is 6.61 Å². The second-order valence-electron chi connectivity index (χ2n) is 4.56. The van der Waals surface area contributed by atoms with Gasteiger partial charge in [-0.3, -0.25) is 0 Å². The standard InChI is InChI=1S/C12H25F3N2O/c1-4-17(8-6-16-11(2)3)7-5-9-18-10-12(13,14)15/h11,16H,4-10H2,1-3H3. The van der Waals surface area contributed by atoms with Crippen molar-refractivity contribution in [2.24, 2.45) is 0 Å². The highest BCUT2D eigenvalue weighted by atomic mass is 19.4. The van der Waals surface area contributed by atoms with Crippen molar-refractivity contribution in [2.75, 3.05) is 39.4 Å². The first-order valence-corrected chi connectivity index (χ1v) is 6.45. The number of halogens is 3. The van der Waals surface area contributed by atoms with E-state index >= 15 is 0 Å². The summed E-state index contributed by atoms with van der Waals surface area (Å²) >= 11 is 0. The molecule has 0 amide bonds. The Labute approximate surface area is 108 Å². The number of nitrogens with zero attached hydrogens (tertiary/aromatic N) is 1. The van der Waals surface area contributed by atoms with E-state index in [2.05, 4.69) is 28.8 Å². The van der Waals surface area contributed by atoms with E-state index in [1.54, 1.807) is 0 Å². The van der Waals surface area contributed by atoms with Gasteiger partial charge in [-0.15, -0.1) is 0 Å². The third-order valence-corrected chi connectivity index (χ3v) is 2.46. The van der Waals surface area contributed by atoms with Gasteiger partial charge in [-0.25, -0.2) is 0 Å². The van der Waals surface area contributed by atoms with Crippen LogP contribution in [-0.2, 0) is 4.74 Å². The molecule has 0 atom stereocenters. The summed E-state index contributed by atoms with van der Waals surface area (Å²) in [5.41, 5.74) is 0. The molecule has 6 heteroatoms. The van der Waals surface area contributed by atoms with Crippen LogP contribution in [0.4, 0.5) is 13.2 Å². The van der Waals surface area contributed by atoms with E-state index in [1.165, 1.54) is 0 Å². The first-order chi connectivity index (χ1) is 8.35. The maximum atomic E-state index is 11.8. The molecule has 0 aliphatic carbocycles. The number of hydrogen-bond acceptors (Lipinski definition) is 3. The van der Waals surface area contributed by atoms with Crippen molar-refractivity contribution in [1.29, 1.82) is 0 Å². The number of alkyl halides is 3. The summed E-state index contributed by atoms with van der Waals surface area (Å²) in [7, 11) is 0. The van der Waals surface area contributed by atoms with E-state index in [0.717, 1.165) is 26.2 Å². The van der Waals surface area contributed by atoms with Gasteiger partial charge in [0, 0.05) is 32.3 Å². The van der Waals surface area contributed by atoms with Gasteiger partial charge in [0.15, 0.2) is 0 Å². The number of rotatable bonds is 10. The van der Waals surface area contributed by atoms with Gasteiger partial charge in [0.1, 0.15) is 6.61 Å². The molecule has 0 fully saturated rings. The topological polar surface area (TPSA) is 24.5 Å². The van der Waals surface area contributed by atoms with Crippen LogP contribution < -0.4 is 5.32 Å². The molecule has 0 unspecified atom stereocenters. The summed E-state index contributed by atoms with van der Waals surface area (Å²) < 4.78 is 40.0. The van der Waals surface area contributed by atoms with Crippen molar-refractivity contribution in [3.63, 3.8) is 0 Å². The predicted molar refractivity (Wildman–Crippen MR) is 66.7 cm³/mol. The summed E-state index contributed by atoms with van der Waals surface area (Å²) in [5, 5.41) is 3.31. The average Bonchev–Trinajstić information content (AvgIpc) is 2.24. The maximum absolute atomic E-state index is 11.8. The molecular formula is C12H25F3N2O. The predicted octanol–water partition coefficient (Wildman–Crippen LogP) is 2.28. The molecule has 0 aliphatic rings. The van der Waals surface area contributed by atoms with Gasteiger partial charge in [0.2, 0.25) is 0 Å². The van der Waals surface area contributed by atoms with Crippen LogP contribution in [0.25, 0.3) is 0 Å². The van der Waals surface area contributed by atoms with E-state index in [9.17, 15) is 13.2 Å². The molecule has 0 aromatic carbocycles. The molecule has 0 bridgehead atoms. The zero-order valence-electron chi connectivity index (χ0n) is 11.5. The van der Waals surface area contributed by atoms with E-state index < -0.39 is 12.8 Å². The molecule has 110 valence electrons. The van der Waals surface area contributed by atoms with Crippen LogP contribution in [0.5, 0.6) is 0 Å². The van der Waals surface area contributed by atoms with Crippen molar-refractivity contribution in [1.82, 2.24) is 10.2 Å². The van der Waals surface area contributed by atoms with Crippen molar-refractivity contribution >= 4 is 0 Å². The Hall–Kier alpha value is -0.330. The average molecular weight is 270 g/mol. The van der Waals surface area contributed by atoms with Gasteiger partial charge in [0.25, 0.3) is 0 Å². The van der Waals surface area contributed by atoms with Gasteiger partial charge in [0.05, 0.1) is 0 Å². The SMILES string of the molecule is CCN(CCCOCC(F)(F)F)CCNC(C)C. The Morgan fingerprint density at radius 1 is 1.22 bits per heavy atom. The van der Waals surface area contributed by atoms with Crippen molar-refractivity contribution in [2.45, 2.75) is 39.4 Å². The molecule has 0 spiro atoms. The maximum Gasteiger partial charge on any atom is 0.411 e. The highest BCUT2D eigenvalue weighted by Gasteiger charge is 2.27.